The van der Waals surface area contributed by atoms with Crippen molar-refractivity contribution < 1.29 is 0 Å². The van der Waals surface area contributed by atoms with Gasteiger partial charge in [-0.15, -0.1) is 0 Å². The molecule has 1 N–H and O–H groups in total. The van der Waals surface area contributed by atoms with Crippen LogP contribution in [0.4, 0.5) is 0 Å². The van der Waals surface area contributed by atoms with Crippen LogP contribution in [0.25, 0.3) is 11.0 Å². The first-order valence-corrected chi connectivity index (χ1v) is 3.73. The Morgan fingerprint density at radius 2 is 2.33 bits per heavy atom. The average molecular weight is 178 g/mol. The van der Waals surface area contributed by atoms with Crippen LogP contribution in [0.1, 0.15) is 5.69 Å². The topological polar surface area (TPSA) is 52.5 Å². The van der Waals surface area contributed by atoms with E-state index in [0.29, 0.717) is 16.2 Å². The van der Waals surface area contributed by atoms with Crippen molar-refractivity contribution in [3.05, 3.63) is 29.0 Å². The Morgan fingerprint density at radius 3 is 3.08 bits per heavy atom. The van der Waals surface area contributed by atoms with Crippen molar-refractivity contribution in [2.24, 2.45) is 0 Å². The van der Waals surface area contributed by atoms with Gasteiger partial charge in [-0.2, -0.15) is 5.26 Å². The summed E-state index contributed by atoms with van der Waals surface area (Å²) in [6.07, 6.45) is 1.65. The van der Waals surface area contributed by atoms with Crippen LogP contribution in [-0.4, -0.2) is 9.97 Å². The van der Waals surface area contributed by atoms with Gasteiger partial charge in [-0.05, 0) is 12.1 Å². The minimum atomic E-state index is 0.379. The Labute approximate surface area is 73.6 Å². The second kappa shape index (κ2) is 2.50. The van der Waals surface area contributed by atoms with Gasteiger partial charge in [0.15, 0.2) is 0 Å². The minimum Gasteiger partial charge on any atom is -0.358 e. The monoisotopic (exact) mass is 177 g/mol. The molecule has 0 bridgehead atoms. The van der Waals surface area contributed by atoms with Gasteiger partial charge in [0.2, 0.25) is 0 Å². The van der Waals surface area contributed by atoms with Gasteiger partial charge >= 0.3 is 0 Å². The highest BCUT2D eigenvalue weighted by Crippen LogP contribution is 2.20. The number of aromatic amines is 1. The molecule has 0 radical (unpaired) electrons. The number of rotatable bonds is 0. The van der Waals surface area contributed by atoms with E-state index in [-0.39, 0.29) is 0 Å². The maximum Gasteiger partial charge on any atom is 0.141 e. The predicted molar refractivity (Wildman–Crippen MR) is 45.8 cm³/mol. The fraction of sp³-hybridized carbons (Fsp3) is 0. The number of hydrogen-bond donors (Lipinski definition) is 1. The zero-order chi connectivity index (χ0) is 8.55. The Bertz CT molecular complexity index is 467. The summed E-state index contributed by atoms with van der Waals surface area (Å²) < 4.78 is 0. The van der Waals surface area contributed by atoms with E-state index in [0.717, 1.165) is 5.52 Å². The lowest BCUT2D eigenvalue weighted by Crippen LogP contribution is -1.81. The van der Waals surface area contributed by atoms with Crippen molar-refractivity contribution in [1.29, 1.82) is 5.26 Å². The highest BCUT2D eigenvalue weighted by Gasteiger charge is 2.02. The molecule has 2 aromatic heterocycles. The van der Waals surface area contributed by atoms with Gasteiger partial charge < -0.3 is 4.98 Å². The van der Waals surface area contributed by atoms with Gasteiger partial charge in [0.25, 0.3) is 0 Å². The SMILES string of the molecule is N#Cc1ccc2[nH]cc(Cl)c2n1. The molecule has 0 saturated heterocycles. The summed E-state index contributed by atoms with van der Waals surface area (Å²) in [6.45, 7) is 0. The van der Waals surface area contributed by atoms with Crippen LogP contribution in [0.2, 0.25) is 5.02 Å². The number of nitrogens with one attached hydrogen (secondary N) is 1. The zero-order valence-corrected chi connectivity index (χ0v) is 6.76. The lowest BCUT2D eigenvalue weighted by molar-refractivity contribution is 1.32. The minimum absolute atomic E-state index is 0.379. The number of nitriles is 1. The fourth-order valence-electron chi connectivity index (χ4n) is 1.03. The standard InChI is InChI=1S/C8H4ClN3/c9-6-4-11-7-2-1-5(3-10)12-8(6)7/h1-2,4,11H. The van der Waals surface area contributed by atoms with E-state index in [9.17, 15) is 0 Å². The summed E-state index contributed by atoms with van der Waals surface area (Å²) in [5.41, 5.74) is 1.87. The Hall–Kier alpha value is -1.53. The number of nitrogens with zero attached hydrogens (tertiary/aromatic N) is 2. The third kappa shape index (κ3) is 0.936. The third-order valence-electron chi connectivity index (χ3n) is 1.59. The lowest BCUT2D eigenvalue weighted by atomic mass is 10.3. The molecular weight excluding hydrogens is 174 g/mol. The van der Waals surface area contributed by atoms with Gasteiger partial charge in [0.1, 0.15) is 17.3 Å². The second-order valence-electron chi connectivity index (χ2n) is 2.34. The normalized spacial score (nSPS) is 10.0. The molecule has 0 aromatic carbocycles. The van der Waals surface area contributed by atoms with Crippen molar-refractivity contribution in [1.82, 2.24) is 9.97 Å². The number of aromatic nitrogens is 2. The quantitative estimate of drug-likeness (QED) is 0.670. The highest BCUT2D eigenvalue weighted by molar-refractivity contribution is 6.35. The van der Waals surface area contributed by atoms with E-state index >= 15 is 0 Å². The van der Waals surface area contributed by atoms with Crippen molar-refractivity contribution in [2.75, 3.05) is 0 Å². The third-order valence-corrected chi connectivity index (χ3v) is 1.88. The molecule has 4 heteroatoms. The molecule has 2 heterocycles. The van der Waals surface area contributed by atoms with E-state index < -0.39 is 0 Å². The number of hydrogen-bond acceptors (Lipinski definition) is 2. The number of pyridine rings is 1. The maximum atomic E-state index is 8.56. The first-order valence-electron chi connectivity index (χ1n) is 3.35. The number of H-pyrrole nitrogens is 1. The second-order valence-corrected chi connectivity index (χ2v) is 2.75. The summed E-state index contributed by atoms with van der Waals surface area (Å²) in [5.74, 6) is 0. The van der Waals surface area contributed by atoms with Crippen LogP contribution in [0.3, 0.4) is 0 Å². The van der Waals surface area contributed by atoms with E-state index in [1.165, 1.54) is 0 Å². The Morgan fingerprint density at radius 1 is 1.50 bits per heavy atom. The van der Waals surface area contributed by atoms with E-state index in [1.54, 1.807) is 18.3 Å². The molecule has 0 aliphatic rings. The van der Waals surface area contributed by atoms with Crippen molar-refractivity contribution in [2.45, 2.75) is 0 Å². The van der Waals surface area contributed by atoms with E-state index in [1.807, 2.05) is 6.07 Å². The fourth-order valence-corrected chi connectivity index (χ4v) is 1.23. The molecule has 0 unspecified atom stereocenters. The van der Waals surface area contributed by atoms with Crippen LogP contribution in [0.15, 0.2) is 18.3 Å². The van der Waals surface area contributed by atoms with Crippen molar-refractivity contribution >= 4 is 22.6 Å². The molecule has 0 spiro atoms. The Balaban J connectivity index is 2.82. The number of halogens is 1. The van der Waals surface area contributed by atoms with Gasteiger partial charge in [0, 0.05) is 6.20 Å². The van der Waals surface area contributed by atoms with E-state index in [4.69, 9.17) is 16.9 Å². The first-order chi connectivity index (χ1) is 5.81. The maximum absolute atomic E-state index is 8.56. The summed E-state index contributed by atoms with van der Waals surface area (Å²) in [6, 6.07) is 5.38. The molecule has 0 amide bonds. The van der Waals surface area contributed by atoms with E-state index in [2.05, 4.69) is 9.97 Å². The molecule has 2 aromatic rings. The molecule has 12 heavy (non-hydrogen) atoms. The van der Waals surface area contributed by atoms with Crippen LogP contribution in [0, 0.1) is 11.3 Å². The van der Waals surface area contributed by atoms with Gasteiger partial charge in [0.05, 0.1) is 10.5 Å². The van der Waals surface area contributed by atoms with Crippen LogP contribution < -0.4 is 0 Å². The molecule has 0 aliphatic heterocycles. The smallest absolute Gasteiger partial charge is 0.141 e. The molecule has 2 rings (SSSR count). The van der Waals surface area contributed by atoms with Gasteiger partial charge in [-0.3, -0.25) is 0 Å². The van der Waals surface area contributed by atoms with Crippen molar-refractivity contribution in [3.63, 3.8) is 0 Å². The van der Waals surface area contributed by atoms with Gasteiger partial charge in [-0.1, -0.05) is 11.6 Å². The summed E-state index contributed by atoms with van der Waals surface area (Å²) in [4.78, 5) is 6.96. The van der Waals surface area contributed by atoms with Crippen LogP contribution in [-0.2, 0) is 0 Å². The molecule has 3 nitrogen and oxygen atoms in total. The molecule has 0 atom stereocenters. The summed E-state index contributed by atoms with van der Waals surface area (Å²) >= 11 is 5.80. The largest absolute Gasteiger partial charge is 0.358 e. The van der Waals surface area contributed by atoms with Crippen molar-refractivity contribution in [3.8, 4) is 6.07 Å². The highest BCUT2D eigenvalue weighted by atomic mass is 35.5. The lowest BCUT2D eigenvalue weighted by Gasteiger charge is -1.89. The van der Waals surface area contributed by atoms with Crippen LogP contribution in [0.5, 0.6) is 0 Å². The summed E-state index contributed by atoms with van der Waals surface area (Å²) in [5, 5.41) is 9.10. The first kappa shape index (κ1) is 7.14. The molecule has 0 saturated carbocycles. The number of fused-ring (bicyclic) bond motifs is 1. The predicted octanol–water partition coefficient (Wildman–Crippen LogP) is 2.09. The molecule has 0 fully saturated rings. The average Bonchev–Trinajstić information content (AvgIpc) is 2.47. The molecular formula is C8H4ClN3. The van der Waals surface area contributed by atoms with Gasteiger partial charge in [-0.25, -0.2) is 4.98 Å². The summed E-state index contributed by atoms with van der Waals surface area (Å²) in [7, 11) is 0. The molecule has 58 valence electrons. The van der Waals surface area contributed by atoms with Crippen LogP contribution >= 0.6 is 11.6 Å². The Kier molecular flexibility index (Phi) is 1.49. The molecule has 0 aliphatic carbocycles. The zero-order valence-electron chi connectivity index (χ0n) is 6.00.